The molecule has 0 fully saturated rings. The number of carbonyl (C=O) groups is 1. The van der Waals surface area contributed by atoms with Gasteiger partial charge in [-0.15, -0.1) is 0 Å². The quantitative estimate of drug-likeness (QED) is 0.499. The fourth-order valence-electron chi connectivity index (χ4n) is 3.88. The van der Waals surface area contributed by atoms with E-state index in [4.69, 9.17) is 11.6 Å². The molecule has 1 atom stereocenters. The van der Waals surface area contributed by atoms with E-state index in [2.05, 4.69) is 27.2 Å². The van der Waals surface area contributed by atoms with Gasteiger partial charge in [-0.1, -0.05) is 55.8 Å². The van der Waals surface area contributed by atoms with E-state index in [1.807, 2.05) is 62.5 Å². The smallest absolute Gasteiger partial charge is 0.290 e. The maximum atomic E-state index is 13.4. The number of H-pyrrole nitrogens is 1. The number of aryl methyl sites for hydroxylation is 1. The van der Waals surface area contributed by atoms with Crippen LogP contribution in [0.15, 0.2) is 54.9 Å². The average molecular weight is 422 g/mol. The van der Waals surface area contributed by atoms with Crippen LogP contribution in [0, 0.1) is 0 Å². The number of hydrogen-bond acceptors (Lipinski definition) is 3. The summed E-state index contributed by atoms with van der Waals surface area (Å²) in [4.78, 5) is 22.9. The molecule has 2 aromatic carbocycles. The summed E-state index contributed by atoms with van der Waals surface area (Å²) in [7, 11) is 1.88. The summed E-state index contributed by atoms with van der Waals surface area (Å²) >= 11 is 6.24. The Balaban J connectivity index is 0.00000106. The Morgan fingerprint density at radius 3 is 2.60 bits per heavy atom. The highest BCUT2D eigenvalue weighted by Crippen LogP contribution is 2.34. The first kappa shape index (κ1) is 20.2. The number of aromatic amines is 1. The Morgan fingerprint density at radius 1 is 1.13 bits per heavy atom. The SMILES string of the molecule is CC.Cn1cc(C2Cc3ccccc3CN2C(=O)c2nc3c(Cl)cccc3[nH]2)cn1. The molecule has 7 heteroatoms. The second kappa shape index (κ2) is 8.32. The molecule has 3 heterocycles. The van der Waals surface area contributed by atoms with Gasteiger partial charge in [-0.25, -0.2) is 4.98 Å². The van der Waals surface area contributed by atoms with E-state index in [-0.39, 0.29) is 11.9 Å². The van der Waals surface area contributed by atoms with Crippen molar-refractivity contribution in [2.75, 3.05) is 0 Å². The second-order valence-corrected chi connectivity index (χ2v) is 7.50. The van der Waals surface area contributed by atoms with Crippen LogP contribution in [0.3, 0.4) is 0 Å². The lowest BCUT2D eigenvalue weighted by atomic mass is 9.91. The van der Waals surface area contributed by atoms with Crippen LogP contribution in [0.2, 0.25) is 5.02 Å². The number of carbonyl (C=O) groups excluding carboxylic acids is 1. The van der Waals surface area contributed by atoms with E-state index in [0.29, 0.717) is 22.9 Å². The zero-order valence-corrected chi connectivity index (χ0v) is 18.0. The first-order chi connectivity index (χ1) is 14.6. The summed E-state index contributed by atoms with van der Waals surface area (Å²) < 4.78 is 1.76. The molecule has 0 aliphatic carbocycles. The van der Waals surface area contributed by atoms with Gasteiger partial charge in [-0.2, -0.15) is 5.10 Å². The van der Waals surface area contributed by atoms with Crippen LogP contribution in [-0.2, 0) is 20.0 Å². The number of imidazole rings is 1. The molecule has 154 valence electrons. The van der Waals surface area contributed by atoms with Gasteiger partial charge >= 0.3 is 0 Å². The summed E-state index contributed by atoms with van der Waals surface area (Å²) in [6.45, 7) is 4.53. The van der Waals surface area contributed by atoms with Crippen molar-refractivity contribution in [3.63, 3.8) is 0 Å². The van der Waals surface area contributed by atoms with Crippen molar-refractivity contribution in [2.24, 2.45) is 7.05 Å². The number of amides is 1. The second-order valence-electron chi connectivity index (χ2n) is 7.09. The number of halogens is 1. The normalized spacial score (nSPS) is 15.5. The van der Waals surface area contributed by atoms with Gasteiger partial charge in [-0.3, -0.25) is 9.48 Å². The third-order valence-electron chi connectivity index (χ3n) is 5.29. The van der Waals surface area contributed by atoms with Crippen LogP contribution in [0.4, 0.5) is 0 Å². The number of aromatic nitrogens is 4. The van der Waals surface area contributed by atoms with Crippen molar-refractivity contribution in [1.82, 2.24) is 24.6 Å². The number of benzene rings is 2. The highest BCUT2D eigenvalue weighted by Gasteiger charge is 2.33. The molecule has 1 amide bonds. The molecule has 1 aliphatic rings. The summed E-state index contributed by atoms with van der Waals surface area (Å²) in [5.74, 6) is 0.159. The predicted octanol–water partition coefficient (Wildman–Crippen LogP) is 4.92. The molecule has 0 radical (unpaired) electrons. The van der Waals surface area contributed by atoms with Crippen LogP contribution in [0.5, 0.6) is 0 Å². The maximum absolute atomic E-state index is 13.4. The number of nitrogens with one attached hydrogen (secondary N) is 1. The Kier molecular flexibility index (Phi) is 5.59. The molecule has 30 heavy (non-hydrogen) atoms. The molecule has 1 aliphatic heterocycles. The number of fused-ring (bicyclic) bond motifs is 2. The van der Waals surface area contributed by atoms with Crippen LogP contribution in [0.1, 0.15) is 47.2 Å². The van der Waals surface area contributed by atoms with Gasteiger partial charge in [0.1, 0.15) is 5.52 Å². The van der Waals surface area contributed by atoms with Crippen molar-refractivity contribution >= 4 is 28.5 Å². The van der Waals surface area contributed by atoms with E-state index >= 15 is 0 Å². The van der Waals surface area contributed by atoms with E-state index in [0.717, 1.165) is 23.1 Å². The fourth-order valence-corrected chi connectivity index (χ4v) is 4.10. The van der Waals surface area contributed by atoms with Crippen LogP contribution in [0.25, 0.3) is 11.0 Å². The highest BCUT2D eigenvalue weighted by molar-refractivity contribution is 6.35. The van der Waals surface area contributed by atoms with Gasteiger partial charge in [-0.05, 0) is 29.7 Å². The molecule has 4 aromatic rings. The van der Waals surface area contributed by atoms with Gasteiger partial charge in [0.2, 0.25) is 0 Å². The lowest BCUT2D eigenvalue weighted by Crippen LogP contribution is -2.39. The summed E-state index contributed by atoms with van der Waals surface area (Å²) in [6, 6.07) is 13.6. The van der Waals surface area contributed by atoms with Crippen LogP contribution in [-0.4, -0.2) is 30.6 Å². The van der Waals surface area contributed by atoms with Gasteiger partial charge in [0.25, 0.3) is 5.91 Å². The Bertz CT molecular complexity index is 1200. The van der Waals surface area contributed by atoms with Gasteiger partial charge in [0.05, 0.1) is 22.8 Å². The van der Waals surface area contributed by atoms with E-state index in [1.165, 1.54) is 5.56 Å². The third-order valence-corrected chi connectivity index (χ3v) is 5.59. The molecular formula is C23H24ClN5O. The average Bonchev–Trinajstić information content (AvgIpc) is 3.41. The minimum Gasteiger partial charge on any atom is -0.334 e. The Labute approximate surface area is 180 Å². The van der Waals surface area contributed by atoms with Gasteiger partial charge in [0, 0.05) is 25.4 Å². The number of nitrogens with zero attached hydrogens (tertiary/aromatic N) is 4. The Hall–Kier alpha value is -3.12. The monoisotopic (exact) mass is 421 g/mol. The summed E-state index contributed by atoms with van der Waals surface area (Å²) in [6.07, 6.45) is 4.54. The standard InChI is InChI=1S/C21H18ClN5O.C2H6/c1-26-11-15(10-23-26)18-9-13-5-2-3-6-14(13)12-27(18)21(28)20-24-17-8-4-7-16(22)19(17)25-20;1-2/h2-8,10-11,18H,9,12H2,1H3,(H,24,25);1-2H3. The molecule has 0 bridgehead atoms. The molecule has 0 saturated heterocycles. The molecule has 2 aromatic heterocycles. The van der Waals surface area contributed by atoms with Crippen molar-refractivity contribution in [3.8, 4) is 0 Å². The van der Waals surface area contributed by atoms with Crippen molar-refractivity contribution in [1.29, 1.82) is 0 Å². The summed E-state index contributed by atoms with van der Waals surface area (Å²) in [5, 5.41) is 4.83. The van der Waals surface area contributed by atoms with Crippen LogP contribution >= 0.6 is 11.6 Å². The molecule has 1 N–H and O–H groups in total. The van der Waals surface area contributed by atoms with Gasteiger partial charge < -0.3 is 9.88 Å². The van der Waals surface area contributed by atoms with E-state index in [9.17, 15) is 4.79 Å². The van der Waals surface area contributed by atoms with Crippen molar-refractivity contribution in [2.45, 2.75) is 32.9 Å². The molecule has 0 saturated carbocycles. The van der Waals surface area contributed by atoms with E-state index in [1.54, 1.807) is 10.7 Å². The number of rotatable bonds is 2. The molecule has 6 nitrogen and oxygen atoms in total. The first-order valence-corrected chi connectivity index (χ1v) is 10.5. The fraction of sp³-hybridized carbons (Fsp3) is 0.261. The van der Waals surface area contributed by atoms with Crippen LogP contribution < -0.4 is 0 Å². The zero-order valence-electron chi connectivity index (χ0n) is 17.3. The predicted molar refractivity (Wildman–Crippen MR) is 118 cm³/mol. The topological polar surface area (TPSA) is 66.8 Å². The highest BCUT2D eigenvalue weighted by atomic mass is 35.5. The molecular weight excluding hydrogens is 398 g/mol. The van der Waals surface area contributed by atoms with Crippen molar-refractivity contribution < 1.29 is 4.79 Å². The van der Waals surface area contributed by atoms with Crippen molar-refractivity contribution in [3.05, 3.63) is 82.4 Å². The largest absolute Gasteiger partial charge is 0.334 e. The first-order valence-electron chi connectivity index (χ1n) is 10.1. The van der Waals surface area contributed by atoms with Gasteiger partial charge in [0.15, 0.2) is 5.82 Å². The number of para-hydroxylation sites is 1. The lowest BCUT2D eigenvalue weighted by Gasteiger charge is -2.36. The third kappa shape index (κ3) is 3.59. The minimum atomic E-state index is -0.143. The maximum Gasteiger partial charge on any atom is 0.290 e. The zero-order chi connectivity index (χ0) is 21.3. The molecule has 5 rings (SSSR count). The molecule has 0 spiro atoms. The molecule has 1 unspecified atom stereocenters. The number of hydrogen-bond donors (Lipinski definition) is 1. The summed E-state index contributed by atoms with van der Waals surface area (Å²) in [5.41, 5.74) is 4.80. The minimum absolute atomic E-state index is 0.0974. The Morgan fingerprint density at radius 2 is 1.90 bits per heavy atom. The lowest BCUT2D eigenvalue weighted by molar-refractivity contribution is 0.0626. The van der Waals surface area contributed by atoms with E-state index < -0.39 is 0 Å².